The van der Waals surface area contributed by atoms with E-state index in [1.165, 1.54) is 0 Å². The first kappa shape index (κ1) is 10.5. The van der Waals surface area contributed by atoms with Crippen LogP contribution in [0.2, 0.25) is 0 Å². The fraction of sp³-hybridized carbons (Fsp3) is 0.222. The van der Waals surface area contributed by atoms with Gasteiger partial charge in [0.25, 0.3) is 0 Å². The molecule has 1 rings (SSSR count). The molecule has 1 N–H and O–H groups in total. The highest BCUT2D eigenvalue weighted by atomic mass is 79.9. The Morgan fingerprint density at radius 1 is 1.54 bits per heavy atom. The number of rotatable bonds is 2. The van der Waals surface area contributed by atoms with Crippen molar-refractivity contribution < 1.29 is 5.21 Å². The summed E-state index contributed by atoms with van der Waals surface area (Å²) in [4.78, 5) is 0. The van der Waals surface area contributed by atoms with Crippen molar-refractivity contribution in [1.29, 1.82) is 0 Å². The second-order valence-electron chi connectivity index (χ2n) is 2.63. The molecule has 0 heterocycles. The first-order valence-corrected chi connectivity index (χ1v) is 4.96. The summed E-state index contributed by atoms with van der Waals surface area (Å²) in [6.45, 7) is 1.68. The Balaban J connectivity index is 3.02. The van der Waals surface area contributed by atoms with Crippen LogP contribution in [0.1, 0.15) is 17.9 Å². The van der Waals surface area contributed by atoms with E-state index in [0.717, 1.165) is 10.0 Å². The van der Waals surface area contributed by atoms with Crippen molar-refractivity contribution in [3.8, 4) is 0 Å². The number of alkyl halides is 1. The minimum Gasteiger partial charge on any atom is -0.411 e. The van der Waals surface area contributed by atoms with Gasteiger partial charge < -0.3 is 5.21 Å². The lowest BCUT2D eigenvalue weighted by Gasteiger charge is -2.09. The van der Waals surface area contributed by atoms with E-state index in [1.54, 1.807) is 6.92 Å². The summed E-state index contributed by atoms with van der Waals surface area (Å²) >= 11 is 9.41. The van der Waals surface area contributed by atoms with Crippen LogP contribution in [0.15, 0.2) is 33.9 Å². The third-order valence-corrected chi connectivity index (χ3v) is 2.98. The maximum absolute atomic E-state index is 8.55. The molecule has 70 valence electrons. The summed E-state index contributed by atoms with van der Waals surface area (Å²) in [7, 11) is 0. The van der Waals surface area contributed by atoms with E-state index in [-0.39, 0.29) is 5.38 Å². The molecule has 0 aromatic heterocycles. The predicted molar refractivity (Wildman–Crippen MR) is 57.6 cm³/mol. The van der Waals surface area contributed by atoms with Crippen molar-refractivity contribution >= 4 is 33.2 Å². The number of hydrogen-bond acceptors (Lipinski definition) is 2. The molecule has 1 aromatic rings. The number of nitrogens with zero attached hydrogens (tertiary/aromatic N) is 1. The van der Waals surface area contributed by atoms with Crippen molar-refractivity contribution in [3.05, 3.63) is 34.3 Å². The van der Waals surface area contributed by atoms with Crippen molar-refractivity contribution in [3.63, 3.8) is 0 Å². The molecule has 0 amide bonds. The van der Waals surface area contributed by atoms with Crippen molar-refractivity contribution in [2.45, 2.75) is 12.3 Å². The summed E-state index contributed by atoms with van der Waals surface area (Å²) in [5, 5.41) is 11.2. The molecule has 0 radical (unpaired) electrons. The number of oxime groups is 1. The maximum atomic E-state index is 8.55. The van der Waals surface area contributed by atoms with Gasteiger partial charge in [-0.3, -0.25) is 0 Å². The lowest BCUT2D eigenvalue weighted by atomic mass is 10.1. The first-order valence-electron chi connectivity index (χ1n) is 3.74. The molecule has 0 aliphatic rings. The van der Waals surface area contributed by atoms with Crippen LogP contribution in [0, 0.1) is 0 Å². The first-order chi connectivity index (χ1) is 6.16. The average Bonchev–Trinajstić information content (AvgIpc) is 2.16. The topological polar surface area (TPSA) is 32.6 Å². The zero-order chi connectivity index (χ0) is 9.84. The Bertz CT molecular complexity index is 327. The Morgan fingerprint density at radius 2 is 2.15 bits per heavy atom. The highest BCUT2D eigenvalue weighted by Gasteiger charge is 2.14. The van der Waals surface area contributed by atoms with Gasteiger partial charge in [-0.15, -0.1) is 11.6 Å². The fourth-order valence-electron chi connectivity index (χ4n) is 0.956. The third-order valence-electron chi connectivity index (χ3n) is 1.70. The Labute approximate surface area is 90.3 Å². The van der Waals surface area contributed by atoms with E-state index in [0.29, 0.717) is 5.71 Å². The number of benzene rings is 1. The number of halogens is 2. The normalized spacial score (nSPS) is 14.2. The highest BCUT2D eigenvalue weighted by Crippen LogP contribution is 2.28. The van der Waals surface area contributed by atoms with Gasteiger partial charge in [-0.05, 0) is 18.6 Å². The molecule has 0 fully saturated rings. The second-order valence-corrected chi connectivity index (χ2v) is 3.92. The smallest absolute Gasteiger partial charge is 0.101 e. The summed E-state index contributed by atoms with van der Waals surface area (Å²) in [5.41, 5.74) is 1.38. The van der Waals surface area contributed by atoms with Gasteiger partial charge in [-0.2, -0.15) is 0 Å². The maximum Gasteiger partial charge on any atom is 0.101 e. The number of hydrogen-bond donors (Lipinski definition) is 1. The Hall–Kier alpha value is -0.540. The van der Waals surface area contributed by atoms with Crippen LogP contribution in [0.4, 0.5) is 0 Å². The molecular formula is C9H9BrClNO. The lowest BCUT2D eigenvalue weighted by molar-refractivity contribution is 0.317. The summed E-state index contributed by atoms with van der Waals surface area (Å²) in [6, 6.07) is 7.58. The van der Waals surface area contributed by atoms with Crippen molar-refractivity contribution in [1.82, 2.24) is 0 Å². The van der Waals surface area contributed by atoms with Gasteiger partial charge in [0.15, 0.2) is 0 Å². The van der Waals surface area contributed by atoms with Gasteiger partial charge in [0, 0.05) is 4.47 Å². The van der Waals surface area contributed by atoms with E-state index in [2.05, 4.69) is 21.1 Å². The highest BCUT2D eigenvalue weighted by molar-refractivity contribution is 9.10. The molecule has 13 heavy (non-hydrogen) atoms. The van der Waals surface area contributed by atoms with Crippen LogP contribution in [0.5, 0.6) is 0 Å². The van der Waals surface area contributed by atoms with Crippen LogP contribution in [0.25, 0.3) is 0 Å². The van der Waals surface area contributed by atoms with Gasteiger partial charge in [-0.25, -0.2) is 0 Å². The second kappa shape index (κ2) is 4.63. The van der Waals surface area contributed by atoms with Crippen molar-refractivity contribution in [2.75, 3.05) is 0 Å². The SMILES string of the molecule is C/C(=N\O)C(Cl)c1ccccc1Br. The lowest BCUT2D eigenvalue weighted by Crippen LogP contribution is -2.02. The quantitative estimate of drug-likeness (QED) is 0.376. The van der Waals surface area contributed by atoms with Crippen LogP contribution in [-0.4, -0.2) is 10.9 Å². The van der Waals surface area contributed by atoms with E-state index in [9.17, 15) is 0 Å². The molecule has 1 unspecified atom stereocenters. The van der Waals surface area contributed by atoms with E-state index >= 15 is 0 Å². The summed E-state index contributed by atoms with van der Waals surface area (Å²) in [5.74, 6) is 0. The summed E-state index contributed by atoms with van der Waals surface area (Å²) < 4.78 is 0.915. The third kappa shape index (κ3) is 2.45. The van der Waals surface area contributed by atoms with Gasteiger partial charge in [0.1, 0.15) is 5.38 Å². The molecule has 0 bridgehead atoms. The average molecular weight is 263 g/mol. The molecule has 1 atom stereocenters. The molecule has 0 saturated carbocycles. The van der Waals surface area contributed by atoms with Gasteiger partial charge in [0.05, 0.1) is 5.71 Å². The van der Waals surface area contributed by atoms with E-state index in [4.69, 9.17) is 16.8 Å². The van der Waals surface area contributed by atoms with Crippen LogP contribution >= 0.6 is 27.5 Å². The van der Waals surface area contributed by atoms with Gasteiger partial charge in [-0.1, -0.05) is 39.3 Å². The molecule has 0 spiro atoms. The Kier molecular flexibility index (Phi) is 3.75. The van der Waals surface area contributed by atoms with E-state index < -0.39 is 0 Å². The molecule has 0 saturated heterocycles. The molecule has 2 nitrogen and oxygen atoms in total. The van der Waals surface area contributed by atoms with E-state index in [1.807, 2.05) is 24.3 Å². The zero-order valence-corrected chi connectivity index (χ0v) is 9.38. The van der Waals surface area contributed by atoms with Gasteiger partial charge >= 0.3 is 0 Å². The minimum absolute atomic E-state index is 0.388. The van der Waals surface area contributed by atoms with Crippen LogP contribution in [-0.2, 0) is 0 Å². The zero-order valence-electron chi connectivity index (χ0n) is 7.04. The molecular weight excluding hydrogens is 253 g/mol. The molecule has 0 aliphatic carbocycles. The van der Waals surface area contributed by atoms with Crippen LogP contribution in [0.3, 0.4) is 0 Å². The standard InChI is InChI=1S/C9H9BrClNO/c1-6(12-13)9(11)7-4-2-3-5-8(7)10/h2-5,9,13H,1H3/b12-6+. The molecule has 4 heteroatoms. The van der Waals surface area contributed by atoms with Crippen LogP contribution < -0.4 is 0 Å². The minimum atomic E-state index is -0.388. The largest absolute Gasteiger partial charge is 0.411 e. The van der Waals surface area contributed by atoms with Gasteiger partial charge in [0.2, 0.25) is 0 Å². The fourth-order valence-corrected chi connectivity index (χ4v) is 1.84. The molecule has 1 aromatic carbocycles. The monoisotopic (exact) mass is 261 g/mol. The summed E-state index contributed by atoms with van der Waals surface area (Å²) in [6.07, 6.45) is 0. The predicted octanol–water partition coefficient (Wildman–Crippen LogP) is 3.58. The molecule has 0 aliphatic heterocycles. The Morgan fingerprint density at radius 3 is 2.69 bits per heavy atom. The van der Waals surface area contributed by atoms with Crippen molar-refractivity contribution in [2.24, 2.45) is 5.16 Å².